The zero-order chi connectivity index (χ0) is 47.4. The van der Waals surface area contributed by atoms with E-state index < -0.39 is 31.4 Å². The van der Waals surface area contributed by atoms with E-state index in [2.05, 4.69) is 66.2 Å². The number of rotatable bonds is 15. The second-order valence-electron chi connectivity index (χ2n) is 18.1. The topological polar surface area (TPSA) is 192 Å². The third-order valence-electron chi connectivity index (χ3n) is 13.5. The predicted molar refractivity (Wildman–Crippen MR) is 261 cm³/mol. The number of sulfonamides is 1. The highest BCUT2D eigenvalue weighted by Gasteiger charge is 2.32. The van der Waals surface area contributed by atoms with Crippen molar-refractivity contribution in [2.45, 2.75) is 55.4 Å². The van der Waals surface area contributed by atoms with Crippen LogP contribution in [0.15, 0.2) is 114 Å². The number of nitro benzene ring substituents is 1. The van der Waals surface area contributed by atoms with Gasteiger partial charge in [0.1, 0.15) is 22.8 Å². The monoisotopic (exact) mass is 940 g/mol. The lowest BCUT2D eigenvalue weighted by atomic mass is 9.84. The van der Waals surface area contributed by atoms with Crippen LogP contribution in [0.3, 0.4) is 0 Å². The van der Waals surface area contributed by atoms with Gasteiger partial charge in [-0.3, -0.25) is 24.6 Å². The molecular weight excluding hydrogens is 885 g/mol. The minimum absolute atomic E-state index is 0.0707. The number of amides is 2. The first-order chi connectivity index (χ1) is 32.9. The lowest BCUT2D eigenvalue weighted by molar-refractivity contribution is -0.384. The molecule has 0 aliphatic carbocycles. The third-order valence-corrected chi connectivity index (χ3v) is 14.8. The van der Waals surface area contributed by atoms with E-state index in [4.69, 9.17) is 9.47 Å². The van der Waals surface area contributed by atoms with Crippen molar-refractivity contribution < 1.29 is 32.4 Å². The van der Waals surface area contributed by atoms with Crippen molar-refractivity contribution in [3.8, 4) is 22.6 Å². The molecular formula is C51H56N8O8S. The van der Waals surface area contributed by atoms with Gasteiger partial charge in [0.2, 0.25) is 5.91 Å². The molecule has 17 heteroatoms. The van der Waals surface area contributed by atoms with E-state index in [1.165, 1.54) is 35.5 Å². The molecule has 354 valence electrons. The van der Waals surface area contributed by atoms with Crippen molar-refractivity contribution in [1.82, 2.24) is 24.5 Å². The van der Waals surface area contributed by atoms with E-state index in [0.717, 1.165) is 86.4 Å². The Hall–Kier alpha value is -6.82. The van der Waals surface area contributed by atoms with Gasteiger partial charge in [-0.2, -0.15) is 0 Å². The minimum atomic E-state index is -4.58. The van der Waals surface area contributed by atoms with Gasteiger partial charge in [0, 0.05) is 63.7 Å². The van der Waals surface area contributed by atoms with Gasteiger partial charge in [-0.25, -0.2) is 18.1 Å². The molecule has 3 aliphatic rings. The predicted octanol–water partition coefficient (Wildman–Crippen LogP) is 8.50. The number of carbonyl (C=O) groups is 2. The molecule has 0 saturated carbocycles. The molecule has 5 heterocycles. The van der Waals surface area contributed by atoms with E-state index in [-0.39, 0.29) is 34.9 Å². The number of carbonyl (C=O) groups excluding carboxylic acids is 2. The van der Waals surface area contributed by atoms with E-state index in [9.17, 15) is 28.1 Å². The van der Waals surface area contributed by atoms with Crippen LogP contribution in [0.25, 0.3) is 22.2 Å². The van der Waals surface area contributed by atoms with Gasteiger partial charge in [0.05, 0.1) is 34.2 Å². The quantitative estimate of drug-likeness (QED) is 0.0658. The lowest BCUT2D eigenvalue weighted by Crippen LogP contribution is -2.40. The van der Waals surface area contributed by atoms with Gasteiger partial charge in [0.15, 0.2) is 0 Å². The zero-order valence-electron chi connectivity index (χ0n) is 38.2. The Morgan fingerprint density at radius 2 is 1.65 bits per heavy atom. The van der Waals surface area contributed by atoms with Crippen molar-refractivity contribution in [3.63, 3.8) is 0 Å². The fraction of sp³-hybridized carbons (Fsp3) is 0.353. The summed E-state index contributed by atoms with van der Waals surface area (Å²) >= 11 is 0. The molecule has 3 fully saturated rings. The summed E-state index contributed by atoms with van der Waals surface area (Å²) in [7, 11) is -0.979. The smallest absolute Gasteiger partial charge is 0.293 e. The summed E-state index contributed by atoms with van der Waals surface area (Å²) in [5, 5.41) is 16.0. The number of hydrogen-bond acceptors (Lipinski definition) is 12. The molecule has 0 radical (unpaired) electrons. The highest BCUT2D eigenvalue weighted by Crippen LogP contribution is 2.42. The van der Waals surface area contributed by atoms with Crippen LogP contribution in [0.4, 0.5) is 17.1 Å². The average molecular weight is 941 g/mol. The second kappa shape index (κ2) is 20.2. The summed E-state index contributed by atoms with van der Waals surface area (Å²) in [6.45, 7) is 4.86. The average Bonchev–Trinajstić information content (AvgIpc) is 4.04. The summed E-state index contributed by atoms with van der Waals surface area (Å²) < 4.78 is 41.3. The number of pyridine rings is 1. The molecule has 0 spiro atoms. The normalized spacial score (nSPS) is 17.3. The number of likely N-dealkylation sites (tertiary alicyclic amines) is 1. The Morgan fingerprint density at radius 1 is 0.897 bits per heavy atom. The summed E-state index contributed by atoms with van der Waals surface area (Å²) in [6.07, 6.45) is 9.00. The molecule has 6 aromatic rings. The van der Waals surface area contributed by atoms with Gasteiger partial charge < -0.3 is 29.6 Å². The van der Waals surface area contributed by atoms with Gasteiger partial charge >= 0.3 is 0 Å². The molecule has 0 unspecified atom stereocenters. The maximum atomic E-state index is 14.0. The molecule has 2 amide bonds. The Morgan fingerprint density at radius 3 is 2.40 bits per heavy atom. The van der Waals surface area contributed by atoms with E-state index in [1.54, 1.807) is 43.4 Å². The first-order valence-corrected chi connectivity index (χ1v) is 24.7. The molecule has 68 heavy (non-hydrogen) atoms. The van der Waals surface area contributed by atoms with Crippen molar-refractivity contribution in [1.29, 1.82) is 0 Å². The fourth-order valence-electron chi connectivity index (χ4n) is 9.66. The molecule has 3 aliphatic heterocycles. The van der Waals surface area contributed by atoms with Crippen LogP contribution in [-0.4, -0.2) is 105 Å². The Bertz CT molecular complexity index is 2910. The first-order valence-electron chi connectivity index (χ1n) is 23.2. The highest BCUT2D eigenvalue weighted by molar-refractivity contribution is 7.90. The number of H-pyrrole nitrogens is 1. The zero-order valence-corrected chi connectivity index (χ0v) is 39.0. The highest BCUT2D eigenvalue weighted by atomic mass is 32.2. The molecule has 16 nitrogen and oxygen atoms in total. The maximum absolute atomic E-state index is 14.0. The van der Waals surface area contributed by atoms with Crippen LogP contribution in [-0.2, 0) is 19.6 Å². The van der Waals surface area contributed by atoms with Crippen molar-refractivity contribution >= 4 is 49.9 Å². The number of nitrogens with one attached hydrogen (secondary N) is 3. The number of nitrogens with zero attached hydrogens (tertiary/aromatic N) is 5. The fourth-order valence-corrected chi connectivity index (χ4v) is 10.6. The standard InChI is InChI=1S/C51H56N8O8S/c1-56(2)49(60)33-57-24-18-36(19-25-57)42-6-3-4-7-43(42)46-8-5-23-58(46)39-12-9-35(10-13-39)37-11-15-44(48(29-37)67-40-28-38-17-22-52-50(38)54-32-40)51(61)55-68(64,65)41-14-16-45(47(30-41)59(62)63)53-31-34-20-26-66-27-21-34/h3-4,6-7,9-17,22,28-30,32,34,36,46,53H,5,8,18-21,23-27,31,33H2,1-2H3,(H,52,54)(H,55,61)/t46-/m1/s1. The second-order valence-corrected chi connectivity index (χ2v) is 19.8. The van der Waals surface area contributed by atoms with Gasteiger partial charge in [-0.1, -0.05) is 42.5 Å². The number of aromatic amines is 1. The number of fused-ring (bicyclic) bond motifs is 1. The number of aromatic nitrogens is 2. The molecule has 9 rings (SSSR count). The molecule has 3 saturated heterocycles. The Kier molecular flexibility index (Phi) is 13.7. The van der Waals surface area contributed by atoms with Crippen LogP contribution in [0, 0.1) is 16.0 Å². The number of likely N-dealkylation sites (N-methyl/N-ethyl adjacent to an activating group) is 1. The number of benzene rings is 4. The summed E-state index contributed by atoms with van der Waals surface area (Å²) in [5.41, 5.74) is 5.75. The summed E-state index contributed by atoms with van der Waals surface area (Å²) in [4.78, 5) is 51.3. The number of nitro groups is 1. The minimum Gasteiger partial charge on any atom is -0.455 e. The Labute approximate surface area is 395 Å². The van der Waals surface area contributed by atoms with E-state index in [1.807, 2.05) is 18.2 Å². The molecule has 4 aromatic carbocycles. The van der Waals surface area contributed by atoms with Crippen LogP contribution in [0.5, 0.6) is 11.5 Å². The van der Waals surface area contributed by atoms with Gasteiger partial charge in [-0.15, -0.1) is 0 Å². The van der Waals surface area contributed by atoms with Crippen LogP contribution in [0.1, 0.15) is 72.0 Å². The van der Waals surface area contributed by atoms with Crippen molar-refractivity contribution in [2.75, 3.05) is 70.2 Å². The third kappa shape index (κ3) is 10.3. The number of hydrogen-bond donors (Lipinski definition) is 3. The van der Waals surface area contributed by atoms with Crippen LogP contribution >= 0.6 is 0 Å². The van der Waals surface area contributed by atoms with Crippen LogP contribution < -0.4 is 19.7 Å². The molecule has 2 aromatic heterocycles. The Balaban J connectivity index is 0.944. The summed E-state index contributed by atoms with van der Waals surface area (Å²) in [5.74, 6) is 0.248. The first kappa shape index (κ1) is 46.3. The number of piperidine rings is 1. The molecule has 1 atom stereocenters. The lowest BCUT2D eigenvalue weighted by Gasteiger charge is -2.35. The molecule has 0 bridgehead atoms. The molecule has 3 N–H and O–H groups in total. The maximum Gasteiger partial charge on any atom is 0.293 e. The van der Waals surface area contributed by atoms with E-state index in [0.29, 0.717) is 43.6 Å². The number of anilines is 2. The van der Waals surface area contributed by atoms with Crippen molar-refractivity contribution in [3.05, 3.63) is 136 Å². The van der Waals surface area contributed by atoms with Gasteiger partial charge in [0.25, 0.3) is 21.6 Å². The van der Waals surface area contributed by atoms with E-state index >= 15 is 0 Å². The van der Waals surface area contributed by atoms with Crippen LogP contribution in [0.2, 0.25) is 0 Å². The van der Waals surface area contributed by atoms with Gasteiger partial charge in [-0.05, 0) is 134 Å². The largest absolute Gasteiger partial charge is 0.455 e. The SMILES string of the molecule is CN(C)C(=O)CN1CCC(c2ccccc2[C@H]2CCCN2c2ccc(-c3ccc(C(=O)NS(=O)(=O)c4ccc(NCC5CCOCC5)c([N+](=O)[O-])c4)c(Oc4cnc5[nH]ccc5c4)c3)cc2)CC1. The summed E-state index contributed by atoms with van der Waals surface area (Å²) in [6, 6.07) is 29.4. The number of ether oxygens (including phenoxy) is 2. The van der Waals surface area contributed by atoms with Crippen molar-refractivity contribution in [2.24, 2.45) is 5.92 Å².